The molecule has 0 aliphatic carbocycles. The van der Waals surface area contributed by atoms with Gasteiger partial charge in [-0.2, -0.15) is 13.2 Å². The lowest BCUT2D eigenvalue weighted by atomic mass is 10.1. The summed E-state index contributed by atoms with van der Waals surface area (Å²) in [5.74, 6) is -0.978. The van der Waals surface area contributed by atoms with Crippen LogP contribution in [-0.4, -0.2) is 17.9 Å². The summed E-state index contributed by atoms with van der Waals surface area (Å²) in [6.45, 7) is 2.81. The predicted molar refractivity (Wildman–Crippen MR) is 104 cm³/mol. The zero-order chi connectivity index (χ0) is 21.1. The van der Waals surface area contributed by atoms with Crippen LogP contribution in [0, 0.1) is 0 Å². The van der Waals surface area contributed by atoms with Crippen LogP contribution < -0.4 is 16.0 Å². The van der Waals surface area contributed by atoms with Gasteiger partial charge in [0, 0.05) is 17.6 Å². The molecule has 0 aliphatic rings. The molecule has 2 aromatic rings. The minimum absolute atomic E-state index is 0.0922. The van der Waals surface area contributed by atoms with E-state index in [0.717, 1.165) is 12.1 Å². The van der Waals surface area contributed by atoms with E-state index < -0.39 is 29.4 Å². The number of alkyl halides is 3. The summed E-state index contributed by atoms with van der Waals surface area (Å²) in [6.07, 6.45) is -4.67. The normalized spacial score (nSPS) is 12.2. The largest absolute Gasteiger partial charge is 0.418 e. The third-order valence-corrected chi connectivity index (χ3v) is 4.15. The topological polar surface area (TPSA) is 70.2 Å². The summed E-state index contributed by atoms with van der Waals surface area (Å²) in [5.41, 5.74) is -0.584. The fraction of sp³-hybridized carbons (Fsp3) is 0.222. The first kappa shape index (κ1) is 21.8. The van der Waals surface area contributed by atoms with E-state index in [9.17, 15) is 22.8 Å². The number of carbonyl (C=O) groups excluding carboxylic acids is 2. The second kappa shape index (κ2) is 8.70. The molecule has 2 amide bonds. The number of carbonyl (C=O) groups is 2. The molecule has 0 aromatic heterocycles. The van der Waals surface area contributed by atoms with Gasteiger partial charge in [-0.1, -0.05) is 23.2 Å². The van der Waals surface area contributed by atoms with Crippen molar-refractivity contribution in [2.24, 2.45) is 0 Å². The van der Waals surface area contributed by atoms with Crippen LogP contribution in [0.1, 0.15) is 19.4 Å². The number of rotatable bonds is 5. The highest BCUT2D eigenvalue weighted by Crippen LogP contribution is 2.36. The average molecular weight is 434 g/mol. The van der Waals surface area contributed by atoms with Gasteiger partial charge in [-0.25, -0.2) is 0 Å². The second-order valence-corrected chi connectivity index (χ2v) is 6.76. The third kappa shape index (κ3) is 5.77. The highest BCUT2D eigenvalue weighted by molar-refractivity contribution is 6.34. The Labute approximate surface area is 169 Å². The van der Waals surface area contributed by atoms with Crippen molar-refractivity contribution in [3.8, 4) is 0 Å². The van der Waals surface area contributed by atoms with Crippen molar-refractivity contribution in [1.29, 1.82) is 0 Å². The van der Waals surface area contributed by atoms with Crippen LogP contribution in [0.2, 0.25) is 10.0 Å². The first-order valence-electron chi connectivity index (χ1n) is 7.98. The lowest BCUT2D eigenvalue weighted by Gasteiger charge is -2.18. The van der Waals surface area contributed by atoms with Gasteiger partial charge in [-0.05, 0) is 43.3 Å². The van der Waals surface area contributed by atoms with Crippen LogP contribution in [0.4, 0.5) is 30.2 Å². The van der Waals surface area contributed by atoms with Crippen LogP contribution in [-0.2, 0) is 15.8 Å². The molecule has 150 valence electrons. The number of amides is 2. The number of benzene rings is 2. The Hall–Kier alpha value is -2.45. The van der Waals surface area contributed by atoms with Crippen molar-refractivity contribution in [1.82, 2.24) is 0 Å². The van der Waals surface area contributed by atoms with Crippen LogP contribution in [0.3, 0.4) is 0 Å². The SMILES string of the molecule is CC(=O)Nc1ccc(NC(C)C(=O)Nc2ccc(Cl)cc2C(F)(F)F)cc1Cl. The molecule has 0 spiro atoms. The molecule has 2 aromatic carbocycles. The molecule has 0 fully saturated rings. The van der Waals surface area contributed by atoms with Gasteiger partial charge in [0.2, 0.25) is 11.8 Å². The molecule has 0 heterocycles. The monoisotopic (exact) mass is 433 g/mol. The van der Waals surface area contributed by atoms with Crippen LogP contribution in [0.5, 0.6) is 0 Å². The molecule has 0 bridgehead atoms. The van der Waals surface area contributed by atoms with Gasteiger partial charge in [0.1, 0.15) is 6.04 Å². The summed E-state index contributed by atoms with van der Waals surface area (Å²) in [4.78, 5) is 23.4. The molecule has 3 N–H and O–H groups in total. The molecule has 1 atom stereocenters. The van der Waals surface area contributed by atoms with Gasteiger partial charge in [0.15, 0.2) is 0 Å². The molecule has 2 rings (SSSR count). The lowest BCUT2D eigenvalue weighted by Crippen LogP contribution is -2.32. The van der Waals surface area contributed by atoms with Crippen molar-refractivity contribution in [2.75, 3.05) is 16.0 Å². The average Bonchev–Trinajstić information content (AvgIpc) is 2.57. The molecule has 10 heteroatoms. The fourth-order valence-corrected chi connectivity index (χ4v) is 2.71. The van der Waals surface area contributed by atoms with E-state index in [-0.39, 0.29) is 16.0 Å². The van der Waals surface area contributed by atoms with Crippen LogP contribution >= 0.6 is 23.2 Å². The Morgan fingerprint density at radius 3 is 2.21 bits per heavy atom. The van der Waals surface area contributed by atoms with E-state index >= 15 is 0 Å². The minimum Gasteiger partial charge on any atom is -0.374 e. The Morgan fingerprint density at radius 1 is 1.00 bits per heavy atom. The van der Waals surface area contributed by atoms with Crippen molar-refractivity contribution in [3.05, 3.63) is 52.0 Å². The Kier molecular flexibility index (Phi) is 6.79. The van der Waals surface area contributed by atoms with E-state index in [1.165, 1.54) is 32.0 Å². The highest BCUT2D eigenvalue weighted by atomic mass is 35.5. The Balaban J connectivity index is 2.12. The van der Waals surface area contributed by atoms with E-state index in [0.29, 0.717) is 11.4 Å². The number of hydrogen-bond donors (Lipinski definition) is 3. The first-order chi connectivity index (χ1) is 13.0. The first-order valence-corrected chi connectivity index (χ1v) is 8.74. The number of hydrogen-bond acceptors (Lipinski definition) is 3. The third-order valence-electron chi connectivity index (χ3n) is 3.60. The summed E-state index contributed by atoms with van der Waals surface area (Å²) in [7, 11) is 0. The molecule has 28 heavy (non-hydrogen) atoms. The summed E-state index contributed by atoms with van der Waals surface area (Å²) in [6, 6.07) is 6.82. The Morgan fingerprint density at radius 2 is 1.64 bits per heavy atom. The number of halogens is 5. The molecule has 5 nitrogen and oxygen atoms in total. The van der Waals surface area contributed by atoms with Gasteiger partial charge in [0.05, 0.1) is 22.0 Å². The van der Waals surface area contributed by atoms with E-state index in [1.54, 1.807) is 6.07 Å². The zero-order valence-corrected chi connectivity index (χ0v) is 16.3. The van der Waals surface area contributed by atoms with Gasteiger partial charge < -0.3 is 16.0 Å². The number of anilines is 3. The Bertz CT molecular complexity index is 904. The molecule has 0 aliphatic heterocycles. The maximum absolute atomic E-state index is 13.1. The van der Waals surface area contributed by atoms with Crippen LogP contribution in [0.15, 0.2) is 36.4 Å². The van der Waals surface area contributed by atoms with E-state index in [4.69, 9.17) is 23.2 Å². The van der Waals surface area contributed by atoms with E-state index in [2.05, 4.69) is 16.0 Å². The fourth-order valence-electron chi connectivity index (χ4n) is 2.31. The molecule has 0 saturated carbocycles. The van der Waals surface area contributed by atoms with Crippen molar-refractivity contribution in [3.63, 3.8) is 0 Å². The van der Waals surface area contributed by atoms with E-state index in [1.807, 2.05) is 0 Å². The summed E-state index contributed by atoms with van der Waals surface area (Å²) in [5, 5.41) is 7.77. The number of nitrogens with one attached hydrogen (secondary N) is 3. The second-order valence-electron chi connectivity index (χ2n) is 5.92. The molecular weight excluding hydrogens is 418 g/mol. The van der Waals surface area contributed by atoms with Crippen LogP contribution in [0.25, 0.3) is 0 Å². The molecule has 1 unspecified atom stereocenters. The van der Waals surface area contributed by atoms with Crippen molar-refractivity contribution in [2.45, 2.75) is 26.1 Å². The summed E-state index contributed by atoms with van der Waals surface area (Å²) < 4.78 is 39.4. The standard InChI is InChI=1S/C18H16Cl2F3N3O2/c1-9(24-12-4-6-16(14(20)8-12)25-10(2)27)17(28)26-15-5-3-11(19)7-13(15)18(21,22)23/h3-9,24H,1-2H3,(H,25,27)(H,26,28). The quantitative estimate of drug-likeness (QED) is 0.590. The zero-order valence-electron chi connectivity index (χ0n) is 14.7. The van der Waals surface area contributed by atoms with Crippen molar-refractivity contribution >= 4 is 52.1 Å². The van der Waals surface area contributed by atoms with Gasteiger partial charge in [-0.15, -0.1) is 0 Å². The van der Waals surface area contributed by atoms with Gasteiger partial charge >= 0.3 is 6.18 Å². The smallest absolute Gasteiger partial charge is 0.374 e. The van der Waals surface area contributed by atoms with Gasteiger partial charge in [-0.3, -0.25) is 9.59 Å². The molecule has 0 saturated heterocycles. The maximum atomic E-state index is 13.1. The highest BCUT2D eigenvalue weighted by Gasteiger charge is 2.34. The summed E-state index contributed by atoms with van der Waals surface area (Å²) >= 11 is 11.7. The van der Waals surface area contributed by atoms with Gasteiger partial charge in [0.25, 0.3) is 0 Å². The van der Waals surface area contributed by atoms with Crippen molar-refractivity contribution < 1.29 is 22.8 Å². The minimum atomic E-state index is -4.67. The maximum Gasteiger partial charge on any atom is 0.418 e. The lowest BCUT2D eigenvalue weighted by molar-refractivity contribution is -0.137. The molecule has 0 radical (unpaired) electrons. The molecular formula is C18H16Cl2F3N3O2. The predicted octanol–water partition coefficient (Wildman–Crippen LogP) is 5.41.